The van der Waals surface area contributed by atoms with Crippen molar-refractivity contribution in [3.8, 4) is 11.5 Å². The van der Waals surface area contributed by atoms with Gasteiger partial charge in [-0.3, -0.25) is 62.5 Å². The number of ether oxygens (including phenoxy) is 1. The highest BCUT2D eigenvalue weighted by molar-refractivity contribution is 6.01. The van der Waals surface area contributed by atoms with E-state index in [1.807, 2.05) is 0 Å². The number of allylic oxidation sites excluding steroid dienone is 1. The Hall–Kier alpha value is -11.7. The number of nitrogens with one attached hydrogen (secondary N) is 10. The number of aromatic nitrogens is 2. The number of carboxylic acid groups (broad SMARTS) is 1. The van der Waals surface area contributed by atoms with Crippen molar-refractivity contribution in [2.75, 3.05) is 26.2 Å². The number of benzene rings is 4. The number of rotatable bonds is 13. The highest BCUT2D eigenvalue weighted by Gasteiger charge is 2.49. The number of ketones is 2. The van der Waals surface area contributed by atoms with Gasteiger partial charge in [0.05, 0.1) is 24.9 Å². The minimum Gasteiger partial charge on any atom is -0.508 e. The quantitative estimate of drug-likeness (QED) is 0.0732. The van der Waals surface area contributed by atoms with Gasteiger partial charge >= 0.3 is 5.97 Å². The minimum absolute atomic E-state index is 0.0133. The average Bonchev–Trinajstić information content (AvgIpc) is 1.59. The van der Waals surface area contributed by atoms with Crippen molar-refractivity contribution in [2.24, 2.45) is 22.6 Å². The zero-order valence-corrected chi connectivity index (χ0v) is 56.0. The maximum absolute atomic E-state index is 15.2. The second-order valence-corrected chi connectivity index (χ2v) is 25.9. The summed E-state index contributed by atoms with van der Waals surface area (Å²) >= 11 is 0. The van der Waals surface area contributed by atoms with Gasteiger partial charge in [-0.1, -0.05) is 24.3 Å². The van der Waals surface area contributed by atoms with Crippen LogP contribution < -0.4 is 53.0 Å². The van der Waals surface area contributed by atoms with Crippen molar-refractivity contribution in [3.05, 3.63) is 143 Å². The number of halogens is 2. The Morgan fingerprint density at radius 1 is 0.667 bits per heavy atom. The van der Waals surface area contributed by atoms with Gasteiger partial charge in [0.25, 0.3) is 5.91 Å². The monoisotopic (exact) mass is 1410 g/mol. The van der Waals surface area contributed by atoms with Crippen LogP contribution in [0.2, 0.25) is 0 Å². The second-order valence-electron chi connectivity index (χ2n) is 25.9. The lowest BCUT2D eigenvalue weighted by atomic mass is 9.89. The zero-order valence-electron chi connectivity index (χ0n) is 56.0. The smallest absolute Gasteiger partial charge is 0.305 e. The summed E-state index contributed by atoms with van der Waals surface area (Å²) < 4.78 is 35.5. The molecule has 0 unspecified atom stereocenters. The number of nitrogens with two attached hydrogens (primary N) is 1. The van der Waals surface area contributed by atoms with E-state index >= 15 is 14.4 Å². The van der Waals surface area contributed by atoms with E-state index in [1.165, 1.54) is 111 Å². The number of hydrogen-bond acceptors (Lipinski definition) is 16. The van der Waals surface area contributed by atoms with E-state index in [0.717, 1.165) is 6.07 Å². The summed E-state index contributed by atoms with van der Waals surface area (Å²) in [6.07, 6.45) is 2.72. The number of hydrogen-bond donors (Lipinski definition) is 13. The summed E-state index contributed by atoms with van der Waals surface area (Å²) in [6, 6.07) is 9.60. The molecule has 1 saturated heterocycles. The Labute approximate surface area is 582 Å². The number of H-pyrrole nitrogens is 2. The summed E-state index contributed by atoms with van der Waals surface area (Å²) in [7, 11) is 0. The van der Waals surface area contributed by atoms with Crippen molar-refractivity contribution in [1.29, 1.82) is 0 Å². The topological polar surface area (TPSA) is 441 Å². The molecule has 0 aliphatic carbocycles. The lowest BCUT2D eigenvalue weighted by Crippen LogP contribution is -2.62. The van der Waals surface area contributed by atoms with Gasteiger partial charge < -0.3 is 82.9 Å². The zero-order chi connectivity index (χ0) is 73.5. The van der Waals surface area contributed by atoms with E-state index in [2.05, 4.69) is 57.5 Å². The van der Waals surface area contributed by atoms with Gasteiger partial charge in [-0.25, -0.2) is 8.78 Å². The van der Waals surface area contributed by atoms with E-state index in [1.54, 1.807) is 18.3 Å². The number of primary amides is 1. The van der Waals surface area contributed by atoms with Gasteiger partial charge in [0, 0.05) is 111 Å². The number of carboxylic acids is 1. The maximum atomic E-state index is 15.2. The van der Waals surface area contributed by atoms with E-state index < -0.39 is 187 Å². The first kappa shape index (κ1) is 74.6. The molecule has 10 amide bonds. The third kappa shape index (κ3) is 19.6. The third-order valence-corrected chi connectivity index (χ3v) is 18.1. The molecular formula is C71H79F2N13O16. The molecule has 0 radical (unpaired) electrons. The van der Waals surface area contributed by atoms with Crippen LogP contribution in [0, 0.1) is 23.5 Å². The standard InChI is InChI=1S/C71H79F2N13O16/c1-37(87)21-45-34-78-61(91)36-102-49-13-7-40(8-14-49)23-55(63(74)94)85-70(101)71(3)18-4-20-86(71)69(100)58(24-39-5-11-48(88)12-6-39)84-65(96)42(22-41-17-19-75-31-41)27-59(89)54(30-62(92)93)82-68(99)57(26-44-33-77-53-16-10-47(73)29-51(44)53)83-67(98)56(25-43-32-76-52-15-9-46(72)28-50(43)52)81-60(90)35-79-64(95)38(2)80-66(45)97/h5-16,19,28-29,31-33,38,42,45,54-58,76-77,88H,4,17-18,20-27,30,34-36H2,1-3H3,(H2,74,94)(H,78,91)(H,79,95)(H,80,97)(H,81,90)(H,82,99)(H,83,98)(H,84,96)(H,85,101)(H,92,93)/t38-,42+,45-,54-,55-,56-,57-,58-,71-/m0/s1. The van der Waals surface area contributed by atoms with Crippen LogP contribution in [0.25, 0.3) is 21.8 Å². The number of aliphatic carboxylic acids is 1. The number of phenolic OH excluding ortho intramolecular Hbond substituents is 1. The van der Waals surface area contributed by atoms with Gasteiger partial charge in [0.2, 0.25) is 53.2 Å². The molecule has 10 rings (SSSR count). The second kappa shape index (κ2) is 33.5. The van der Waals surface area contributed by atoms with E-state index in [-0.39, 0.29) is 84.9 Å². The van der Waals surface area contributed by atoms with Gasteiger partial charge in [-0.2, -0.15) is 0 Å². The fourth-order valence-electron chi connectivity index (χ4n) is 12.5. The van der Waals surface area contributed by atoms with Crippen molar-refractivity contribution >= 4 is 105 Å². The lowest BCUT2D eigenvalue weighted by molar-refractivity contribution is -0.147. The summed E-state index contributed by atoms with van der Waals surface area (Å²) in [4.78, 5) is 194. The molecule has 0 saturated carbocycles. The van der Waals surface area contributed by atoms with Crippen LogP contribution in [-0.4, -0.2) is 176 Å². The first-order valence-electron chi connectivity index (χ1n) is 33.0. The lowest BCUT2D eigenvalue weighted by Gasteiger charge is -2.37. The van der Waals surface area contributed by atoms with Gasteiger partial charge in [0.15, 0.2) is 12.4 Å². The minimum atomic E-state index is -1.95. The molecule has 4 aliphatic heterocycles. The largest absolute Gasteiger partial charge is 0.508 e. The molecule has 102 heavy (non-hydrogen) atoms. The molecule has 31 heteroatoms. The fraction of sp³-hybridized carbons (Fsp3) is 0.380. The maximum Gasteiger partial charge on any atom is 0.305 e. The molecular weight excluding hydrogens is 1330 g/mol. The van der Waals surface area contributed by atoms with Crippen LogP contribution in [0.15, 0.2) is 114 Å². The van der Waals surface area contributed by atoms with Crippen molar-refractivity contribution in [1.82, 2.24) is 57.4 Å². The Kier molecular flexibility index (Phi) is 24.5. The molecule has 2 aromatic heterocycles. The molecule has 9 atom stereocenters. The van der Waals surface area contributed by atoms with Gasteiger partial charge in [0.1, 0.15) is 64.7 Å². The van der Waals surface area contributed by atoms with Crippen LogP contribution in [-0.2, 0) is 88.0 Å². The number of nitrogens with zero attached hydrogens (tertiary/aromatic N) is 2. The number of aliphatic imine (C=N–C) groups is 1. The number of amides is 10. The van der Waals surface area contributed by atoms with Gasteiger partial charge in [-0.15, -0.1) is 0 Å². The first-order chi connectivity index (χ1) is 48.6. The summed E-state index contributed by atoms with van der Waals surface area (Å²) in [6.45, 7) is 2.15. The number of carbonyl (C=O) groups excluding carboxylic acids is 12. The third-order valence-electron chi connectivity index (χ3n) is 18.1. The van der Waals surface area contributed by atoms with Crippen LogP contribution in [0.5, 0.6) is 11.5 Å². The van der Waals surface area contributed by atoms with Crippen LogP contribution in [0.4, 0.5) is 8.78 Å². The molecule has 4 aliphatic rings. The predicted molar refractivity (Wildman–Crippen MR) is 363 cm³/mol. The van der Waals surface area contributed by atoms with Crippen LogP contribution >= 0.6 is 0 Å². The normalized spacial score (nSPS) is 23.8. The summed E-state index contributed by atoms with van der Waals surface area (Å²) in [5.41, 5.74) is 6.97. The van der Waals surface area contributed by atoms with E-state index in [9.17, 15) is 66.9 Å². The van der Waals surface area contributed by atoms with Crippen LogP contribution in [0.1, 0.15) is 88.0 Å². The molecule has 538 valence electrons. The highest BCUT2D eigenvalue weighted by atomic mass is 19.1. The molecule has 1 fully saturated rings. The summed E-state index contributed by atoms with van der Waals surface area (Å²) in [5.74, 6) is -16.1. The Morgan fingerprint density at radius 2 is 1.27 bits per heavy atom. The highest BCUT2D eigenvalue weighted by Crippen LogP contribution is 2.32. The molecule has 14 N–H and O–H groups in total. The number of fused-ring (bicyclic) bond motifs is 34. The Balaban J connectivity index is 1.06. The fourth-order valence-corrected chi connectivity index (χ4v) is 12.5. The predicted octanol–water partition coefficient (Wildman–Crippen LogP) is 1.72. The SMILES string of the molecule is CC(=O)C[C@H]1CNC(=O)COc2ccc(cc2)C[C@@H](C(N)=O)NC(=O)[C@]2(C)CCCN2C(=O)[C@H](Cc2ccc(O)cc2)NC(=O)[C@H](CC2=CN=CC2)CC(=O)[C@H](CC(=O)O)NC(=O)[C@H](Cc2c[nH]c3ccc(F)cc23)NC(=O)[C@H](Cc2c[nH]c3ccc(F)cc23)NC(=O)CNC(=O)[C@H](C)NC1=O. The first-order valence-corrected chi connectivity index (χ1v) is 33.0. The Bertz CT molecular complexity index is 4290. The average molecular weight is 1410 g/mol. The summed E-state index contributed by atoms with van der Waals surface area (Å²) in [5, 5.41) is 41.6. The number of aromatic hydroxyl groups is 1. The van der Waals surface area contributed by atoms with E-state index in [0.29, 0.717) is 27.7 Å². The molecule has 2 bridgehead atoms. The molecule has 6 heterocycles. The molecule has 6 aromatic rings. The number of aromatic amines is 2. The van der Waals surface area contributed by atoms with Crippen LogP contribution in [0.3, 0.4) is 0 Å². The Morgan fingerprint density at radius 3 is 1.87 bits per heavy atom. The molecule has 29 nitrogen and oxygen atoms in total. The van der Waals surface area contributed by atoms with Crippen molar-refractivity contribution in [2.45, 2.75) is 133 Å². The van der Waals surface area contributed by atoms with E-state index in [4.69, 9.17) is 10.5 Å². The molecule has 0 spiro atoms. The number of Topliss-reactive ketones (excluding diaryl/α,β-unsaturated/α-hetero) is 2. The number of phenols is 1. The van der Waals surface area contributed by atoms with Crippen molar-refractivity contribution in [3.63, 3.8) is 0 Å². The number of carbonyl (C=O) groups is 13. The molecule has 4 aromatic carbocycles. The van der Waals surface area contributed by atoms with Gasteiger partial charge in [-0.05, 0) is 129 Å². The van der Waals surface area contributed by atoms with Crippen molar-refractivity contribution < 1.29 is 86.1 Å².